The van der Waals surface area contributed by atoms with E-state index >= 15 is 0 Å². The van der Waals surface area contributed by atoms with Crippen LogP contribution in [0.25, 0.3) is 0 Å². The van der Waals surface area contributed by atoms with Gasteiger partial charge in [0.05, 0.1) is 17.7 Å². The number of β-lactam (4-membered cyclic amide) rings is 1. The van der Waals surface area contributed by atoms with Crippen molar-refractivity contribution in [1.29, 1.82) is 0 Å². The van der Waals surface area contributed by atoms with Crippen LogP contribution in [0, 0.1) is 17.0 Å². The Labute approximate surface area is 252 Å². The zero-order valence-corrected chi connectivity index (χ0v) is 24.0. The minimum atomic E-state index is -2.49. The van der Waals surface area contributed by atoms with E-state index in [2.05, 4.69) is 0 Å². The monoisotopic (exact) mass is 593 g/mol. The Morgan fingerprint density at radius 2 is 1.52 bits per heavy atom. The molecule has 0 aromatic heterocycles. The molecule has 2 aliphatic heterocycles. The van der Waals surface area contributed by atoms with Crippen LogP contribution in [0.1, 0.15) is 33.1 Å². The number of non-ortho nitro benzene ring substituents is 1. The number of carbonyl (C=O) groups is 3. The van der Waals surface area contributed by atoms with Gasteiger partial charge in [0.25, 0.3) is 23.4 Å². The molecule has 222 valence electrons. The number of aliphatic hydroxyl groups is 1. The summed E-state index contributed by atoms with van der Waals surface area (Å²) in [5.74, 6) is -2.00. The number of imide groups is 1. The van der Waals surface area contributed by atoms with E-state index < -0.39 is 39.9 Å². The van der Waals surface area contributed by atoms with Gasteiger partial charge in [-0.3, -0.25) is 29.4 Å². The molecule has 0 radical (unpaired) electrons. The number of hydrogen-bond donors (Lipinski definition) is 1. The van der Waals surface area contributed by atoms with Crippen molar-refractivity contribution < 1.29 is 33.9 Å². The molecular formula is C33H27N3O8. The number of carbonyl (C=O) groups excluding carboxylic acids is 3. The molecule has 1 fully saturated rings. The second kappa shape index (κ2) is 10.4. The lowest BCUT2D eigenvalue weighted by Gasteiger charge is -2.58. The zero-order chi connectivity index (χ0) is 31.4. The third kappa shape index (κ3) is 3.86. The molecule has 11 nitrogen and oxygen atoms in total. The fourth-order valence-corrected chi connectivity index (χ4v) is 6.16. The van der Waals surface area contributed by atoms with Crippen LogP contribution in [0.3, 0.4) is 0 Å². The maximum atomic E-state index is 14.6. The molecule has 0 aliphatic carbocycles. The molecule has 0 spiro atoms. The highest BCUT2D eigenvalue weighted by atomic mass is 16.6. The summed E-state index contributed by atoms with van der Waals surface area (Å²) in [6.07, 6.45) is 0. The molecule has 2 heterocycles. The van der Waals surface area contributed by atoms with E-state index in [1.807, 2.05) is 19.1 Å². The van der Waals surface area contributed by atoms with E-state index in [9.17, 15) is 29.6 Å². The summed E-state index contributed by atoms with van der Waals surface area (Å²) in [6.45, 7) is 1.90. The molecule has 2 aliphatic rings. The van der Waals surface area contributed by atoms with Crippen LogP contribution in [0.4, 0.5) is 17.1 Å². The fraction of sp³-hybridized carbons (Fsp3) is 0.182. The molecule has 6 rings (SSSR count). The van der Waals surface area contributed by atoms with Gasteiger partial charge in [-0.2, -0.15) is 0 Å². The summed E-state index contributed by atoms with van der Waals surface area (Å²) < 4.78 is 11.2. The van der Waals surface area contributed by atoms with Crippen molar-refractivity contribution in [3.63, 3.8) is 0 Å². The fourth-order valence-electron chi connectivity index (χ4n) is 6.16. The lowest BCUT2D eigenvalue weighted by molar-refractivity contribution is -0.384. The number of methoxy groups -OCH3 is 2. The normalized spacial score (nSPS) is 22.4. The summed E-state index contributed by atoms with van der Waals surface area (Å²) >= 11 is 0. The second-order valence-electron chi connectivity index (χ2n) is 10.6. The Balaban J connectivity index is 1.51. The predicted molar refractivity (Wildman–Crippen MR) is 159 cm³/mol. The van der Waals surface area contributed by atoms with Crippen LogP contribution in [0.15, 0.2) is 97.1 Å². The van der Waals surface area contributed by atoms with Crippen molar-refractivity contribution in [2.75, 3.05) is 24.0 Å². The van der Waals surface area contributed by atoms with Gasteiger partial charge in [-0.05, 0) is 55.0 Å². The Morgan fingerprint density at radius 1 is 0.886 bits per heavy atom. The summed E-state index contributed by atoms with van der Waals surface area (Å²) in [5.41, 5.74) is -2.86. The number of ether oxygens (including phenoxy) is 2. The standard InChI is InChI=1S/C33H27N3O8/c1-20-8-10-21(11-9-20)28-32(40,30(38)34(28)23-16-18-25(43-2)19-17-23)33(44-3)26-6-4-5-7-27(26)35(31(33)39)29(37)22-12-14-24(15-13-22)36(41)42/h4-19,28,40H,1-3H3/t28-,32+,33-/m0/s1. The maximum Gasteiger partial charge on any atom is 0.274 e. The van der Waals surface area contributed by atoms with E-state index in [0.29, 0.717) is 17.0 Å². The van der Waals surface area contributed by atoms with Crippen LogP contribution >= 0.6 is 0 Å². The molecule has 4 aromatic carbocycles. The lowest BCUT2D eigenvalue weighted by atomic mass is 9.64. The summed E-state index contributed by atoms with van der Waals surface area (Å²) in [4.78, 5) is 55.5. The highest BCUT2D eigenvalue weighted by Crippen LogP contribution is 2.60. The number of benzene rings is 4. The molecular weight excluding hydrogens is 566 g/mol. The molecule has 1 saturated heterocycles. The largest absolute Gasteiger partial charge is 0.497 e. The van der Waals surface area contributed by atoms with E-state index in [0.717, 1.165) is 22.6 Å². The average Bonchev–Trinajstić information content (AvgIpc) is 3.31. The first kappa shape index (κ1) is 28.7. The van der Waals surface area contributed by atoms with Crippen LogP contribution < -0.4 is 14.5 Å². The minimum Gasteiger partial charge on any atom is -0.497 e. The number of nitro benzene ring substituents is 1. The van der Waals surface area contributed by atoms with Crippen molar-refractivity contribution in [2.45, 2.75) is 24.2 Å². The Kier molecular flexibility index (Phi) is 6.79. The quantitative estimate of drug-likeness (QED) is 0.143. The number of para-hydroxylation sites is 1. The van der Waals surface area contributed by atoms with Gasteiger partial charge in [0.2, 0.25) is 11.2 Å². The van der Waals surface area contributed by atoms with Crippen LogP contribution in [-0.4, -0.2) is 47.6 Å². The van der Waals surface area contributed by atoms with Gasteiger partial charge in [0.1, 0.15) is 11.8 Å². The molecule has 0 unspecified atom stereocenters. The van der Waals surface area contributed by atoms with Gasteiger partial charge < -0.3 is 14.6 Å². The van der Waals surface area contributed by atoms with Gasteiger partial charge in [0, 0.05) is 36.1 Å². The minimum absolute atomic E-state index is 0.00692. The first-order chi connectivity index (χ1) is 21.1. The predicted octanol–water partition coefficient (Wildman–Crippen LogP) is 4.46. The summed E-state index contributed by atoms with van der Waals surface area (Å²) in [6, 6.07) is 23.9. The van der Waals surface area contributed by atoms with Gasteiger partial charge >= 0.3 is 0 Å². The van der Waals surface area contributed by atoms with Gasteiger partial charge in [-0.15, -0.1) is 0 Å². The van der Waals surface area contributed by atoms with Crippen molar-refractivity contribution in [3.8, 4) is 5.75 Å². The molecule has 0 saturated carbocycles. The third-order valence-corrected chi connectivity index (χ3v) is 8.34. The zero-order valence-electron chi connectivity index (χ0n) is 24.0. The van der Waals surface area contributed by atoms with Crippen molar-refractivity contribution in [2.24, 2.45) is 0 Å². The van der Waals surface area contributed by atoms with E-state index in [1.165, 1.54) is 43.4 Å². The van der Waals surface area contributed by atoms with Crippen molar-refractivity contribution >= 4 is 34.8 Å². The highest BCUT2D eigenvalue weighted by Gasteiger charge is 2.78. The van der Waals surface area contributed by atoms with E-state index in [-0.39, 0.29) is 22.5 Å². The Morgan fingerprint density at radius 3 is 2.11 bits per heavy atom. The Hall–Kier alpha value is -5.39. The molecule has 0 bridgehead atoms. The van der Waals surface area contributed by atoms with Gasteiger partial charge in [0.15, 0.2) is 0 Å². The Bertz CT molecular complexity index is 1810. The molecule has 3 amide bonds. The average molecular weight is 594 g/mol. The molecule has 11 heteroatoms. The first-order valence-corrected chi connectivity index (χ1v) is 13.6. The number of nitro groups is 1. The topological polar surface area (TPSA) is 140 Å². The number of amides is 3. The maximum absolute atomic E-state index is 14.6. The lowest BCUT2D eigenvalue weighted by Crippen LogP contribution is -2.79. The molecule has 4 aromatic rings. The van der Waals surface area contributed by atoms with Crippen LogP contribution in [0.5, 0.6) is 5.75 Å². The highest BCUT2D eigenvalue weighted by molar-refractivity contribution is 6.29. The number of anilines is 2. The van der Waals surface area contributed by atoms with E-state index in [1.54, 1.807) is 48.5 Å². The molecule has 1 N–H and O–H groups in total. The summed E-state index contributed by atoms with van der Waals surface area (Å²) in [7, 11) is 2.73. The smallest absolute Gasteiger partial charge is 0.274 e. The first-order valence-electron chi connectivity index (χ1n) is 13.6. The summed E-state index contributed by atoms with van der Waals surface area (Å²) in [5, 5.41) is 23.8. The molecule has 3 atom stereocenters. The number of rotatable bonds is 7. The number of fused-ring (bicyclic) bond motifs is 1. The van der Waals surface area contributed by atoms with Gasteiger partial charge in [-0.1, -0.05) is 48.0 Å². The third-order valence-electron chi connectivity index (χ3n) is 8.34. The van der Waals surface area contributed by atoms with Gasteiger partial charge in [-0.25, -0.2) is 4.90 Å². The number of aryl methyl sites for hydroxylation is 1. The number of hydrogen-bond acceptors (Lipinski definition) is 8. The van der Waals surface area contributed by atoms with Crippen LogP contribution in [0.2, 0.25) is 0 Å². The second-order valence-corrected chi connectivity index (χ2v) is 10.6. The van der Waals surface area contributed by atoms with E-state index in [4.69, 9.17) is 9.47 Å². The molecule has 44 heavy (non-hydrogen) atoms. The SMILES string of the molecule is COc1ccc(N2C(=O)[C@@](O)([C@@]3(OC)C(=O)N(C(=O)c4ccc([N+](=O)[O-])cc4)c4ccccc43)[C@@H]2c2ccc(C)cc2)cc1. The number of nitrogens with zero attached hydrogens (tertiary/aromatic N) is 3. The van der Waals surface area contributed by atoms with Crippen molar-refractivity contribution in [1.82, 2.24) is 0 Å². The van der Waals surface area contributed by atoms with Crippen molar-refractivity contribution in [3.05, 3.63) is 129 Å². The van der Waals surface area contributed by atoms with Crippen LogP contribution in [-0.2, 0) is 19.9 Å².